The van der Waals surface area contributed by atoms with Crippen molar-refractivity contribution in [2.75, 3.05) is 18.1 Å². The van der Waals surface area contributed by atoms with Crippen LogP contribution in [0.3, 0.4) is 0 Å². The Balaban J connectivity index is 1.73. The van der Waals surface area contributed by atoms with Crippen LogP contribution in [0.25, 0.3) is 0 Å². The molecule has 1 amide bonds. The quantitative estimate of drug-likeness (QED) is 0.747. The van der Waals surface area contributed by atoms with Crippen molar-refractivity contribution in [2.24, 2.45) is 7.05 Å². The lowest BCUT2D eigenvalue weighted by Crippen LogP contribution is -2.35. The number of nitrogens with zero attached hydrogens (tertiary/aromatic N) is 3. The molecule has 1 atom stereocenters. The molecule has 1 aromatic carbocycles. The molecule has 0 N–H and O–H groups in total. The van der Waals surface area contributed by atoms with Crippen molar-refractivity contribution < 1.29 is 14.3 Å². The van der Waals surface area contributed by atoms with Crippen LogP contribution in [0, 0.1) is 6.92 Å². The minimum absolute atomic E-state index is 0.197. The fourth-order valence-electron chi connectivity index (χ4n) is 2.89. The maximum Gasteiger partial charge on any atom is 0.343 e. The molecule has 1 unspecified atom stereocenters. The average molecular weight is 394 g/mol. The molecule has 1 aliphatic heterocycles. The van der Waals surface area contributed by atoms with Gasteiger partial charge in [0.05, 0.1) is 11.4 Å². The number of ether oxygens (including phenoxy) is 1. The van der Waals surface area contributed by atoms with Gasteiger partial charge in [-0.15, -0.1) is 11.8 Å². The lowest BCUT2D eigenvalue weighted by molar-refractivity contribution is -0.121. The molecule has 26 heavy (non-hydrogen) atoms. The van der Waals surface area contributed by atoms with Crippen LogP contribution in [0.4, 0.5) is 5.69 Å². The number of halogens is 1. The SMILES string of the molecule is Cc1nn(C)c(Cl)c1C(=O)OCC(=O)N1CCC(C)Sc2ccccc21. The molecular weight excluding hydrogens is 374 g/mol. The van der Waals surface area contributed by atoms with E-state index in [1.54, 1.807) is 30.6 Å². The molecule has 0 saturated carbocycles. The third kappa shape index (κ3) is 3.73. The number of esters is 1. The maximum atomic E-state index is 12.7. The van der Waals surface area contributed by atoms with E-state index in [0.29, 0.717) is 17.5 Å². The molecule has 0 spiro atoms. The van der Waals surface area contributed by atoms with Crippen LogP contribution in [0.2, 0.25) is 5.15 Å². The maximum absolute atomic E-state index is 12.7. The lowest BCUT2D eigenvalue weighted by Gasteiger charge is -2.22. The fraction of sp³-hybridized carbons (Fsp3) is 0.389. The van der Waals surface area contributed by atoms with Gasteiger partial charge in [0.25, 0.3) is 5.91 Å². The van der Waals surface area contributed by atoms with E-state index in [4.69, 9.17) is 16.3 Å². The predicted molar refractivity (Wildman–Crippen MR) is 102 cm³/mol. The number of aromatic nitrogens is 2. The molecule has 0 saturated heterocycles. The standard InChI is InChI=1S/C18H20ClN3O3S/c1-11-8-9-22(13-6-4-5-7-14(13)26-11)15(23)10-25-18(24)16-12(2)20-21(3)17(16)19/h4-7,11H,8-10H2,1-3H3. The van der Waals surface area contributed by atoms with Gasteiger partial charge in [-0.05, 0) is 25.5 Å². The monoisotopic (exact) mass is 393 g/mol. The summed E-state index contributed by atoms with van der Waals surface area (Å²) >= 11 is 7.83. The molecule has 2 aromatic rings. The number of rotatable bonds is 3. The van der Waals surface area contributed by atoms with E-state index in [0.717, 1.165) is 17.0 Å². The van der Waals surface area contributed by atoms with Crippen LogP contribution in [0.15, 0.2) is 29.2 Å². The highest BCUT2D eigenvalue weighted by molar-refractivity contribution is 8.00. The van der Waals surface area contributed by atoms with E-state index in [1.807, 2.05) is 24.3 Å². The van der Waals surface area contributed by atoms with Crippen molar-refractivity contribution in [3.8, 4) is 0 Å². The molecule has 8 heteroatoms. The molecular formula is C18H20ClN3O3S. The van der Waals surface area contributed by atoms with Gasteiger partial charge in [0.1, 0.15) is 10.7 Å². The van der Waals surface area contributed by atoms with Gasteiger partial charge in [0, 0.05) is 23.7 Å². The molecule has 0 aliphatic carbocycles. The van der Waals surface area contributed by atoms with E-state index in [9.17, 15) is 9.59 Å². The number of para-hydroxylation sites is 1. The van der Waals surface area contributed by atoms with Gasteiger partial charge in [-0.3, -0.25) is 9.48 Å². The van der Waals surface area contributed by atoms with Crippen LogP contribution in [-0.4, -0.2) is 40.1 Å². The fourth-order valence-corrected chi connectivity index (χ4v) is 4.25. The number of carbonyl (C=O) groups is 2. The molecule has 3 rings (SSSR count). The molecule has 6 nitrogen and oxygen atoms in total. The molecule has 1 aromatic heterocycles. The zero-order valence-electron chi connectivity index (χ0n) is 14.9. The second-order valence-corrected chi connectivity index (χ2v) is 8.02. The Labute approximate surface area is 161 Å². The van der Waals surface area contributed by atoms with Crippen molar-refractivity contribution >= 4 is 40.9 Å². The number of carbonyl (C=O) groups excluding carboxylic acids is 2. The Kier molecular flexibility index (Phi) is 5.58. The third-order valence-corrected chi connectivity index (χ3v) is 5.90. The highest BCUT2D eigenvalue weighted by atomic mass is 35.5. The largest absolute Gasteiger partial charge is 0.452 e. The first-order valence-electron chi connectivity index (χ1n) is 8.30. The first-order valence-corrected chi connectivity index (χ1v) is 9.56. The van der Waals surface area contributed by atoms with Crippen molar-refractivity contribution in [1.29, 1.82) is 0 Å². The van der Waals surface area contributed by atoms with E-state index in [-0.39, 0.29) is 23.2 Å². The molecule has 0 radical (unpaired) electrons. The van der Waals surface area contributed by atoms with Gasteiger partial charge >= 0.3 is 5.97 Å². The third-order valence-electron chi connectivity index (χ3n) is 4.23. The number of amides is 1. The number of hydrogen-bond donors (Lipinski definition) is 0. The summed E-state index contributed by atoms with van der Waals surface area (Å²) in [6, 6.07) is 7.79. The number of anilines is 1. The molecule has 1 aliphatic rings. The lowest BCUT2D eigenvalue weighted by atomic mass is 10.2. The van der Waals surface area contributed by atoms with Crippen LogP contribution >= 0.6 is 23.4 Å². The second kappa shape index (κ2) is 7.72. The summed E-state index contributed by atoms with van der Waals surface area (Å²) in [5, 5.41) is 4.69. The number of hydrogen-bond acceptors (Lipinski definition) is 5. The van der Waals surface area contributed by atoms with Gasteiger partial charge in [0.2, 0.25) is 0 Å². The number of thioether (sulfide) groups is 1. The highest BCUT2D eigenvalue weighted by Gasteiger charge is 2.26. The summed E-state index contributed by atoms with van der Waals surface area (Å²) in [5.74, 6) is -0.891. The summed E-state index contributed by atoms with van der Waals surface area (Å²) in [5.41, 5.74) is 1.53. The molecule has 0 fully saturated rings. The van der Waals surface area contributed by atoms with E-state index < -0.39 is 5.97 Å². The van der Waals surface area contributed by atoms with Gasteiger partial charge in [0.15, 0.2) is 6.61 Å². The zero-order valence-corrected chi connectivity index (χ0v) is 16.4. The van der Waals surface area contributed by atoms with Crippen LogP contribution in [-0.2, 0) is 16.6 Å². The first-order chi connectivity index (χ1) is 12.4. The minimum atomic E-state index is -0.639. The van der Waals surface area contributed by atoms with Gasteiger partial charge in [-0.1, -0.05) is 30.7 Å². The smallest absolute Gasteiger partial charge is 0.343 e. The summed E-state index contributed by atoms with van der Waals surface area (Å²) in [6.07, 6.45) is 0.868. The van der Waals surface area contributed by atoms with Crippen molar-refractivity contribution in [3.05, 3.63) is 40.7 Å². The Hall–Kier alpha value is -1.99. The average Bonchev–Trinajstić information content (AvgIpc) is 2.77. The molecule has 0 bridgehead atoms. The van der Waals surface area contributed by atoms with E-state index in [1.165, 1.54) is 4.68 Å². The normalized spacial score (nSPS) is 16.8. The summed E-state index contributed by atoms with van der Waals surface area (Å²) in [7, 11) is 1.64. The van der Waals surface area contributed by atoms with E-state index in [2.05, 4.69) is 12.0 Å². The summed E-state index contributed by atoms with van der Waals surface area (Å²) in [6.45, 7) is 4.07. The minimum Gasteiger partial charge on any atom is -0.452 e. The van der Waals surface area contributed by atoms with Gasteiger partial charge in [-0.25, -0.2) is 4.79 Å². The van der Waals surface area contributed by atoms with Crippen molar-refractivity contribution in [2.45, 2.75) is 30.4 Å². The van der Waals surface area contributed by atoms with Crippen LogP contribution in [0.5, 0.6) is 0 Å². The van der Waals surface area contributed by atoms with Gasteiger partial charge in [-0.2, -0.15) is 5.10 Å². The van der Waals surface area contributed by atoms with Crippen LogP contribution in [0.1, 0.15) is 29.4 Å². The summed E-state index contributed by atoms with van der Waals surface area (Å²) < 4.78 is 6.63. The Bertz CT molecular complexity index is 852. The zero-order chi connectivity index (χ0) is 18.8. The first kappa shape index (κ1) is 18.8. The Morgan fingerprint density at radius 1 is 1.38 bits per heavy atom. The topological polar surface area (TPSA) is 64.4 Å². The number of benzene rings is 1. The highest BCUT2D eigenvalue weighted by Crippen LogP contribution is 2.37. The Morgan fingerprint density at radius 3 is 2.81 bits per heavy atom. The van der Waals surface area contributed by atoms with Gasteiger partial charge < -0.3 is 9.64 Å². The Morgan fingerprint density at radius 2 is 2.12 bits per heavy atom. The van der Waals surface area contributed by atoms with Crippen LogP contribution < -0.4 is 4.90 Å². The second-order valence-electron chi connectivity index (χ2n) is 6.18. The predicted octanol–water partition coefficient (Wildman–Crippen LogP) is 3.46. The number of aryl methyl sites for hydroxylation is 2. The molecule has 138 valence electrons. The summed E-state index contributed by atoms with van der Waals surface area (Å²) in [4.78, 5) is 27.8. The van der Waals surface area contributed by atoms with E-state index >= 15 is 0 Å². The van der Waals surface area contributed by atoms with Crippen molar-refractivity contribution in [3.63, 3.8) is 0 Å². The molecule has 2 heterocycles. The van der Waals surface area contributed by atoms with Crippen molar-refractivity contribution in [1.82, 2.24) is 9.78 Å². The number of fused-ring (bicyclic) bond motifs is 1.